The maximum atomic E-state index is 5.52. The molecular formula is C19H33IN4O. The van der Waals surface area contributed by atoms with E-state index in [0.29, 0.717) is 12.1 Å². The predicted molar refractivity (Wildman–Crippen MR) is 116 cm³/mol. The minimum atomic E-state index is 0. The van der Waals surface area contributed by atoms with Crippen molar-refractivity contribution in [1.82, 2.24) is 15.5 Å². The van der Waals surface area contributed by atoms with Gasteiger partial charge in [-0.3, -0.25) is 9.89 Å². The Labute approximate surface area is 169 Å². The van der Waals surface area contributed by atoms with Crippen LogP contribution in [-0.2, 0) is 11.3 Å². The van der Waals surface area contributed by atoms with Crippen molar-refractivity contribution in [2.45, 2.75) is 46.3 Å². The van der Waals surface area contributed by atoms with Crippen molar-refractivity contribution >= 4 is 29.9 Å². The fraction of sp³-hybridized carbons (Fsp3) is 0.632. The Balaban J connectivity index is 0.00000312. The number of benzene rings is 1. The number of aryl methyl sites for hydroxylation is 2. The predicted octanol–water partition coefficient (Wildman–Crippen LogP) is 2.70. The van der Waals surface area contributed by atoms with E-state index in [0.717, 1.165) is 38.8 Å². The van der Waals surface area contributed by atoms with Crippen LogP contribution in [0.4, 0.5) is 0 Å². The molecule has 0 spiro atoms. The molecule has 2 N–H and O–H groups in total. The Morgan fingerprint density at radius 3 is 2.76 bits per heavy atom. The number of ether oxygens (including phenoxy) is 1. The van der Waals surface area contributed by atoms with Gasteiger partial charge >= 0.3 is 0 Å². The standard InChI is InChI=1S/C19H32N4O.HI/c1-14-6-7-18(15(2)10-14)12-22-19(20-5)21-11-16(3)23-8-9-24-13-17(23)4;/h6-7,10,16-17H,8-9,11-13H2,1-5H3,(H2,20,21,22);1H. The second-order valence-electron chi connectivity index (χ2n) is 6.75. The van der Waals surface area contributed by atoms with Crippen LogP contribution in [0.1, 0.15) is 30.5 Å². The van der Waals surface area contributed by atoms with Crippen LogP contribution in [0.5, 0.6) is 0 Å². The van der Waals surface area contributed by atoms with Gasteiger partial charge in [0, 0.05) is 38.8 Å². The highest BCUT2D eigenvalue weighted by Crippen LogP contribution is 2.11. The Morgan fingerprint density at radius 1 is 1.36 bits per heavy atom. The van der Waals surface area contributed by atoms with Crippen LogP contribution in [-0.4, -0.2) is 56.3 Å². The zero-order valence-corrected chi connectivity index (χ0v) is 18.5. The molecule has 0 bridgehead atoms. The van der Waals surface area contributed by atoms with Gasteiger partial charge in [-0.15, -0.1) is 24.0 Å². The molecule has 1 aromatic carbocycles. The summed E-state index contributed by atoms with van der Waals surface area (Å²) in [7, 11) is 1.82. The minimum absolute atomic E-state index is 0. The average molecular weight is 460 g/mol. The molecule has 1 heterocycles. The summed E-state index contributed by atoms with van der Waals surface area (Å²) in [6.45, 7) is 13.1. The number of nitrogens with one attached hydrogen (secondary N) is 2. The molecule has 1 saturated heterocycles. The van der Waals surface area contributed by atoms with Crippen molar-refractivity contribution < 1.29 is 4.74 Å². The summed E-state index contributed by atoms with van der Waals surface area (Å²) in [4.78, 5) is 6.83. The lowest BCUT2D eigenvalue weighted by Gasteiger charge is -2.38. The molecule has 1 fully saturated rings. The lowest BCUT2D eigenvalue weighted by atomic mass is 10.1. The normalized spacial score (nSPS) is 19.9. The van der Waals surface area contributed by atoms with Crippen LogP contribution in [0.2, 0.25) is 0 Å². The lowest BCUT2D eigenvalue weighted by molar-refractivity contribution is -0.0174. The van der Waals surface area contributed by atoms with Crippen molar-refractivity contribution in [3.8, 4) is 0 Å². The number of hydrogen-bond acceptors (Lipinski definition) is 3. The van der Waals surface area contributed by atoms with E-state index >= 15 is 0 Å². The molecule has 1 aliphatic rings. The van der Waals surface area contributed by atoms with Crippen molar-refractivity contribution in [2.75, 3.05) is 33.4 Å². The molecule has 142 valence electrons. The third kappa shape index (κ3) is 6.75. The summed E-state index contributed by atoms with van der Waals surface area (Å²) < 4.78 is 5.52. The van der Waals surface area contributed by atoms with Gasteiger partial charge in [0.15, 0.2) is 5.96 Å². The van der Waals surface area contributed by atoms with Crippen molar-refractivity contribution in [1.29, 1.82) is 0 Å². The summed E-state index contributed by atoms with van der Waals surface area (Å²) >= 11 is 0. The lowest BCUT2D eigenvalue weighted by Crippen LogP contribution is -2.52. The van der Waals surface area contributed by atoms with Crippen LogP contribution in [0, 0.1) is 13.8 Å². The maximum absolute atomic E-state index is 5.52. The van der Waals surface area contributed by atoms with Gasteiger partial charge in [-0.1, -0.05) is 23.8 Å². The fourth-order valence-corrected chi connectivity index (χ4v) is 3.20. The molecule has 2 unspecified atom stereocenters. The highest BCUT2D eigenvalue weighted by molar-refractivity contribution is 14.0. The number of halogens is 1. The summed E-state index contributed by atoms with van der Waals surface area (Å²) in [5.74, 6) is 0.850. The number of guanidine groups is 1. The van der Waals surface area contributed by atoms with Gasteiger partial charge < -0.3 is 15.4 Å². The molecule has 0 saturated carbocycles. The van der Waals surface area contributed by atoms with E-state index in [-0.39, 0.29) is 24.0 Å². The van der Waals surface area contributed by atoms with Gasteiger partial charge in [0.05, 0.1) is 13.2 Å². The van der Waals surface area contributed by atoms with E-state index in [9.17, 15) is 0 Å². The van der Waals surface area contributed by atoms with E-state index < -0.39 is 0 Å². The molecule has 2 rings (SSSR count). The van der Waals surface area contributed by atoms with Crippen LogP contribution >= 0.6 is 24.0 Å². The van der Waals surface area contributed by atoms with Gasteiger partial charge in [0.2, 0.25) is 0 Å². The highest BCUT2D eigenvalue weighted by Gasteiger charge is 2.23. The highest BCUT2D eigenvalue weighted by atomic mass is 127. The van der Waals surface area contributed by atoms with Crippen molar-refractivity contribution in [3.63, 3.8) is 0 Å². The number of hydrogen-bond donors (Lipinski definition) is 2. The molecule has 2 atom stereocenters. The Morgan fingerprint density at radius 2 is 2.12 bits per heavy atom. The number of morpholine rings is 1. The second kappa shape index (κ2) is 11.0. The number of nitrogens with zero attached hydrogens (tertiary/aromatic N) is 2. The van der Waals surface area contributed by atoms with Gasteiger partial charge in [-0.2, -0.15) is 0 Å². The monoisotopic (exact) mass is 460 g/mol. The molecular weight excluding hydrogens is 427 g/mol. The molecule has 1 aromatic rings. The SMILES string of the molecule is CN=C(NCc1ccc(C)cc1C)NCC(C)N1CCOCC1C.I. The first kappa shape index (κ1) is 22.2. The van der Waals surface area contributed by atoms with Gasteiger partial charge in [0.25, 0.3) is 0 Å². The Kier molecular flexibility index (Phi) is 9.74. The second-order valence-corrected chi connectivity index (χ2v) is 6.75. The Hall–Kier alpha value is -0.860. The van der Waals surface area contributed by atoms with E-state index in [1.807, 2.05) is 7.05 Å². The first-order chi connectivity index (χ1) is 11.5. The quantitative estimate of drug-likeness (QED) is 0.403. The number of rotatable bonds is 5. The van der Waals surface area contributed by atoms with E-state index in [4.69, 9.17) is 4.74 Å². The average Bonchev–Trinajstić information content (AvgIpc) is 2.56. The molecule has 0 aliphatic carbocycles. The topological polar surface area (TPSA) is 48.9 Å². The van der Waals surface area contributed by atoms with E-state index in [1.54, 1.807) is 0 Å². The zero-order chi connectivity index (χ0) is 17.5. The molecule has 0 aromatic heterocycles. The fourth-order valence-electron chi connectivity index (χ4n) is 3.20. The van der Waals surface area contributed by atoms with Gasteiger partial charge in [-0.05, 0) is 38.8 Å². The van der Waals surface area contributed by atoms with E-state index in [1.165, 1.54) is 16.7 Å². The summed E-state index contributed by atoms with van der Waals surface area (Å²) in [6.07, 6.45) is 0. The van der Waals surface area contributed by atoms with Crippen molar-refractivity contribution in [3.05, 3.63) is 34.9 Å². The summed E-state index contributed by atoms with van der Waals surface area (Å²) in [5, 5.41) is 6.86. The molecule has 0 amide bonds. The van der Waals surface area contributed by atoms with Crippen LogP contribution in [0.25, 0.3) is 0 Å². The summed E-state index contributed by atoms with van der Waals surface area (Å²) in [6, 6.07) is 7.48. The first-order valence-electron chi connectivity index (χ1n) is 8.85. The molecule has 25 heavy (non-hydrogen) atoms. The maximum Gasteiger partial charge on any atom is 0.191 e. The van der Waals surface area contributed by atoms with Gasteiger partial charge in [-0.25, -0.2) is 0 Å². The minimum Gasteiger partial charge on any atom is -0.379 e. The largest absolute Gasteiger partial charge is 0.379 e. The molecule has 5 nitrogen and oxygen atoms in total. The first-order valence-corrected chi connectivity index (χ1v) is 8.85. The molecule has 1 aliphatic heterocycles. The zero-order valence-electron chi connectivity index (χ0n) is 16.1. The van der Waals surface area contributed by atoms with Crippen LogP contribution < -0.4 is 10.6 Å². The third-order valence-electron chi connectivity index (χ3n) is 4.72. The third-order valence-corrected chi connectivity index (χ3v) is 4.72. The molecule has 6 heteroatoms. The number of aliphatic imine (C=N–C) groups is 1. The smallest absolute Gasteiger partial charge is 0.191 e. The Bertz CT molecular complexity index is 564. The van der Waals surface area contributed by atoms with Crippen LogP contribution in [0.3, 0.4) is 0 Å². The molecule has 0 radical (unpaired) electrons. The summed E-state index contributed by atoms with van der Waals surface area (Å²) in [5.41, 5.74) is 3.92. The van der Waals surface area contributed by atoms with Crippen molar-refractivity contribution in [2.24, 2.45) is 4.99 Å². The van der Waals surface area contributed by atoms with E-state index in [2.05, 4.69) is 66.4 Å². The van der Waals surface area contributed by atoms with Crippen LogP contribution in [0.15, 0.2) is 23.2 Å². The van der Waals surface area contributed by atoms with Gasteiger partial charge in [0.1, 0.15) is 0 Å².